The van der Waals surface area contributed by atoms with Crippen LogP contribution in [0.4, 0.5) is 0 Å². The lowest BCUT2D eigenvalue weighted by atomic mass is 9.90. The number of ether oxygens (including phenoxy) is 1. The summed E-state index contributed by atoms with van der Waals surface area (Å²) >= 11 is 0. The van der Waals surface area contributed by atoms with Crippen molar-refractivity contribution in [2.45, 2.75) is 25.7 Å². The fourth-order valence-corrected chi connectivity index (χ4v) is 2.15. The quantitative estimate of drug-likeness (QED) is 0.718. The Hall–Kier alpha value is -1.57. The van der Waals surface area contributed by atoms with Crippen molar-refractivity contribution in [2.75, 3.05) is 6.61 Å². The zero-order chi connectivity index (χ0) is 11.0. The Morgan fingerprint density at radius 3 is 2.88 bits per heavy atom. The maximum Gasteiger partial charge on any atom is 0.174 e. The third kappa shape index (κ3) is 1.75. The van der Waals surface area contributed by atoms with Crippen LogP contribution in [0.25, 0.3) is 6.08 Å². The number of hydrogen-bond donors (Lipinski definition) is 0. The molecule has 1 heterocycles. The molecule has 0 aromatic heterocycles. The summed E-state index contributed by atoms with van der Waals surface area (Å²) in [5, 5.41) is 0. The first-order valence-corrected chi connectivity index (χ1v) is 5.78. The van der Waals surface area contributed by atoms with Gasteiger partial charge in [0.25, 0.3) is 0 Å². The third-order valence-electron chi connectivity index (χ3n) is 3.23. The van der Waals surface area contributed by atoms with E-state index in [0.717, 1.165) is 11.3 Å². The number of carbonyl (C=O) groups excluding carboxylic acids is 1. The van der Waals surface area contributed by atoms with E-state index in [1.165, 1.54) is 30.4 Å². The largest absolute Gasteiger partial charge is 0.486 e. The molecule has 0 radical (unpaired) electrons. The Bertz CT molecular complexity index is 466. The number of benzene rings is 1. The van der Waals surface area contributed by atoms with Crippen molar-refractivity contribution in [2.24, 2.45) is 0 Å². The van der Waals surface area contributed by atoms with Gasteiger partial charge < -0.3 is 4.74 Å². The Kier molecular flexibility index (Phi) is 2.28. The van der Waals surface area contributed by atoms with Gasteiger partial charge in [-0.3, -0.25) is 4.79 Å². The number of Topliss-reactive ketones (excluding diaryl/α,β-unsaturated/α-hetero) is 1. The molecule has 1 saturated carbocycles. The summed E-state index contributed by atoms with van der Waals surface area (Å²) in [6.45, 7) is 0.230. The van der Waals surface area contributed by atoms with Gasteiger partial charge in [0.15, 0.2) is 5.78 Å². The van der Waals surface area contributed by atoms with Crippen molar-refractivity contribution in [1.29, 1.82) is 0 Å². The van der Waals surface area contributed by atoms with Crippen LogP contribution in [0.2, 0.25) is 0 Å². The summed E-state index contributed by atoms with van der Waals surface area (Å²) in [6, 6.07) is 6.13. The van der Waals surface area contributed by atoms with Crippen LogP contribution in [0.3, 0.4) is 0 Å². The predicted molar refractivity (Wildman–Crippen MR) is 62.5 cm³/mol. The lowest BCUT2D eigenvalue weighted by Crippen LogP contribution is -2.20. The van der Waals surface area contributed by atoms with Gasteiger partial charge in [-0.1, -0.05) is 17.7 Å². The number of ketones is 1. The molecule has 0 saturated heterocycles. The maximum atomic E-state index is 11.3. The Balaban J connectivity index is 1.91. The summed E-state index contributed by atoms with van der Waals surface area (Å²) in [5.41, 5.74) is 3.75. The van der Waals surface area contributed by atoms with Crippen molar-refractivity contribution in [3.63, 3.8) is 0 Å². The predicted octanol–water partition coefficient (Wildman–Crippen LogP) is 2.76. The summed E-state index contributed by atoms with van der Waals surface area (Å²) in [4.78, 5) is 11.3. The summed E-state index contributed by atoms with van der Waals surface area (Å²) in [5.74, 6) is 1.04. The molecule has 0 amide bonds. The molecule has 1 aliphatic heterocycles. The molecule has 16 heavy (non-hydrogen) atoms. The van der Waals surface area contributed by atoms with Gasteiger partial charge in [-0.2, -0.15) is 0 Å². The van der Waals surface area contributed by atoms with Crippen LogP contribution in [-0.2, 0) is 11.2 Å². The lowest BCUT2D eigenvalue weighted by molar-refractivity contribution is -0.121. The van der Waals surface area contributed by atoms with Crippen LogP contribution >= 0.6 is 0 Å². The first kappa shape index (κ1) is 9.64. The van der Waals surface area contributed by atoms with Crippen molar-refractivity contribution < 1.29 is 9.53 Å². The van der Waals surface area contributed by atoms with Gasteiger partial charge in [0.05, 0.1) is 0 Å². The molecule has 1 aliphatic carbocycles. The average molecular weight is 214 g/mol. The first-order valence-electron chi connectivity index (χ1n) is 5.78. The fraction of sp³-hybridized carbons (Fsp3) is 0.357. The van der Waals surface area contributed by atoms with E-state index in [9.17, 15) is 4.79 Å². The van der Waals surface area contributed by atoms with Gasteiger partial charge in [0.2, 0.25) is 0 Å². The van der Waals surface area contributed by atoms with E-state index in [-0.39, 0.29) is 12.4 Å². The highest BCUT2D eigenvalue weighted by Crippen LogP contribution is 2.30. The first-order chi connectivity index (χ1) is 7.81. The second-order valence-electron chi connectivity index (χ2n) is 4.53. The van der Waals surface area contributed by atoms with Gasteiger partial charge >= 0.3 is 0 Å². The lowest BCUT2D eigenvalue weighted by Gasteiger charge is -2.18. The number of carbonyl (C=O) groups is 1. The second kappa shape index (κ2) is 3.78. The molecule has 1 fully saturated rings. The van der Waals surface area contributed by atoms with E-state index in [1.54, 1.807) is 0 Å². The van der Waals surface area contributed by atoms with Crippen molar-refractivity contribution >= 4 is 11.9 Å². The highest BCUT2D eigenvalue weighted by Gasteiger charge is 2.16. The molecule has 0 atom stereocenters. The molecular formula is C14H14O2. The summed E-state index contributed by atoms with van der Waals surface area (Å²) in [7, 11) is 0. The molecule has 0 spiro atoms. The average Bonchev–Trinajstić information content (AvgIpc) is 2.23. The minimum absolute atomic E-state index is 0.168. The molecule has 2 heteroatoms. The molecule has 0 N–H and O–H groups in total. The Labute approximate surface area is 94.9 Å². The Morgan fingerprint density at radius 1 is 1.25 bits per heavy atom. The molecule has 2 nitrogen and oxygen atoms in total. The van der Waals surface area contributed by atoms with E-state index >= 15 is 0 Å². The number of rotatable bonds is 1. The molecule has 0 unspecified atom stereocenters. The highest BCUT2D eigenvalue weighted by atomic mass is 16.5. The number of allylic oxidation sites excluding steroid dienone is 1. The molecule has 0 bridgehead atoms. The second-order valence-corrected chi connectivity index (χ2v) is 4.53. The minimum Gasteiger partial charge on any atom is -0.486 e. The monoisotopic (exact) mass is 214 g/mol. The summed E-state index contributed by atoms with van der Waals surface area (Å²) < 4.78 is 5.37. The SMILES string of the molecule is O=C1COc2ccc(C=C3CCC3)cc2C1. The van der Waals surface area contributed by atoms with E-state index in [2.05, 4.69) is 18.2 Å². The van der Waals surface area contributed by atoms with E-state index in [4.69, 9.17) is 4.74 Å². The topological polar surface area (TPSA) is 26.3 Å². The molecular weight excluding hydrogens is 200 g/mol. The van der Waals surface area contributed by atoms with E-state index in [0.29, 0.717) is 6.42 Å². The van der Waals surface area contributed by atoms with Crippen LogP contribution in [-0.4, -0.2) is 12.4 Å². The van der Waals surface area contributed by atoms with E-state index in [1.807, 2.05) is 6.07 Å². The fourth-order valence-electron chi connectivity index (χ4n) is 2.15. The van der Waals surface area contributed by atoms with Crippen molar-refractivity contribution in [1.82, 2.24) is 0 Å². The molecule has 2 aliphatic rings. The van der Waals surface area contributed by atoms with Crippen LogP contribution < -0.4 is 4.74 Å². The van der Waals surface area contributed by atoms with Gasteiger partial charge in [0.1, 0.15) is 12.4 Å². The molecule has 1 aromatic rings. The standard InChI is InChI=1S/C14H14O2/c15-13-8-12-7-11(6-10-2-1-3-10)4-5-14(12)16-9-13/h4-7H,1-3,8-9H2. The van der Waals surface area contributed by atoms with Crippen LogP contribution in [0.5, 0.6) is 5.75 Å². The smallest absolute Gasteiger partial charge is 0.174 e. The van der Waals surface area contributed by atoms with Crippen molar-refractivity contribution in [3.8, 4) is 5.75 Å². The zero-order valence-corrected chi connectivity index (χ0v) is 9.16. The Morgan fingerprint density at radius 2 is 2.12 bits per heavy atom. The zero-order valence-electron chi connectivity index (χ0n) is 9.16. The molecule has 82 valence electrons. The third-order valence-corrected chi connectivity index (χ3v) is 3.23. The van der Waals surface area contributed by atoms with Crippen LogP contribution in [0.1, 0.15) is 30.4 Å². The number of hydrogen-bond acceptors (Lipinski definition) is 2. The van der Waals surface area contributed by atoms with Gasteiger partial charge in [-0.05, 0) is 37.0 Å². The highest BCUT2D eigenvalue weighted by molar-refractivity contribution is 5.84. The van der Waals surface area contributed by atoms with Gasteiger partial charge in [-0.25, -0.2) is 0 Å². The van der Waals surface area contributed by atoms with Crippen LogP contribution in [0, 0.1) is 0 Å². The maximum absolute atomic E-state index is 11.3. The summed E-state index contributed by atoms with van der Waals surface area (Å²) in [6.07, 6.45) is 6.53. The normalized spacial score (nSPS) is 18.5. The van der Waals surface area contributed by atoms with Gasteiger partial charge in [0, 0.05) is 12.0 Å². The molecule has 1 aromatic carbocycles. The van der Waals surface area contributed by atoms with Crippen LogP contribution in [0.15, 0.2) is 23.8 Å². The number of fused-ring (bicyclic) bond motifs is 1. The van der Waals surface area contributed by atoms with E-state index < -0.39 is 0 Å². The minimum atomic E-state index is 0.168. The van der Waals surface area contributed by atoms with Crippen molar-refractivity contribution in [3.05, 3.63) is 34.9 Å². The van der Waals surface area contributed by atoms with Gasteiger partial charge in [-0.15, -0.1) is 0 Å². The molecule has 3 rings (SSSR count).